The van der Waals surface area contributed by atoms with E-state index < -0.39 is 0 Å². The molecule has 0 aromatic heterocycles. The van der Waals surface area contributed by atoms with Gasteiger partial charge in [0.1, 0.15) is 0 Å². The molecule has 0 unspecified atom stereocenters. The van der Waals surface area contributed by atoms with Crippen LogP contribution in [0.15, 0.2) is 54.6 Å². The maximum absolute atomic E-state index is 3.67. The molecule has 0 radical (unpaired) electrons. The molecule has 1 heterocycles. The predicted molar refractivity (Wildman–Crippen MR) is 80.5 cm³/mol. The minimum absolute atomic E-state index is 0.476. The predicted octanol–water partition coefficient (Wildman–Crippen LogP) is 3.88. The second-order valence-electron chi connectivity index (χ2n) is 5.51. The van der Waals surface area contributed by atoms with Gasteiger partial charge >= 0.3 is 0 Å². The van der Waals surface area contributed by atoms with E-state index in [0.29, 0.717) is 12.0 Å². The van der Waals surface area contributed by atoms with E-state index in [9.17, 15) is 0 Å². The Kier molecular flexibility index (Phi) is 3.65. The number of nitrogens with one attached hydrogen (secondary N) is 1. The van der Waals surface area contributed by atoms with Crippen LogP contribution in [0.5, 0.6) is 0 Å². The number of benzene rings is 2. The van der Waals surface area contributed by atoms with Gasteiger partial charge in [0.05, 0.1) is 0 Å². The van der Waals surface area contributed by atoms with Crippen molar-refractivity contribution >= 4 is 0 Å². The lowest BCUT2D eigenvalue weighted by atomic mass is 9.84. The summed E-state index contributed by atoms with van der Waals surface area (Å²) in [4.78, 5) is 0. The highest BCUT2D eigenvalue weighted by molar-refractivity contribution is 5.36. The maximum Gasteiger partial charge on any atom is 0.0243 e. The Labute approximate surface area is 115 Å². The molecule has 3 rings (SSSR count). The van der Waals surface area contributed by atoms with Crippen molar-refractivity contribution in [3.8, 4) is 0 Å². The summed E-state index contributed by atoms with van der Waals surface area (Å²) in [6.07, 6.45) is 2.56. The first-order valence-corrected chi connectivity index (χ1v) is 7.19. The SMILES string of the molecule is Cc1cccc([C@H](c2ccccc2)[C@H]2CCCN2)c1. The van der Waals surface area contributed by atoms with Gasteiger partial charge in [-0.2, -0.15) is 0 Å². The zero-order valence-corrected chi connectivity index (χ0v) is 11.5. The van der Waals surface area contributed by atoms with E-state index in [2.05, 4.69) is 66.8 Å². The molecule has 0 aliphatic carbocycles. The summed E-state index contributed by atoms with van der Waals surface area (Å²) in [5, 5.41) is 3.67. The monoisotopic (exact) mass is 251 g/mol. The van der Waals surface area contributed by atoms with E-state index in [-0.39, 0.29) is 0 Å². The third-order valence-corrected chi connectivity index (χ3v) is 4.06. The van der Waals surface area contributed by atoms with Gasteiger partial charge < -0.3 is 5.32 Å². The molecule has 0 bridgehead atoms. The Morgan fingerprint density at radius 2 is 1.79 bits per heavy atom. The van der Waals surface area contributed by atoms with Gasteiger partial charge in [-0.1, -0.05) is 60.2 Å². The number of hydrogen-bond acceptors (Lipinski definition) is 1. The molecule has 1 nitrogen and oxygen atoms in total. The van der Waals surface area contributed by atoms with Crippen molar-refractivity contribution < 1.29 is 0 Å². The highest BCUT2D eigenvalue weighted by atomic mass is 14.9. The van der Waals surface area contributed by atoms with Crippen molar-refractivity contribution in [3.05, 3.63) is 71.3 Å². The highest BCUT2D eigenvalue weighted by Gasteiger charge is 2.27. The van der Waals surface area contributed by atoms with E-state index >= 15 is 0 Å². The molecule has 2 aromatic carbocycles. The smallest absolute Gasteiger partial charge is 0.0243 e. The fourth-order valence-corrected chi connectivity index (χ4v) is 3.18. The number of hydrogen-bond donors (Lipinski definition) is 1. The molecule has 0 saturated carbocycles. The molecular formula is C18H21N. The molecule has 19 heavy (non-hydrogen) atoms. The fraction of sp³-hybridized carbons (Fsp3) is 0.333. The Morgan fingerprint density at radius 3 is 2.47 bits per heavy atom. The Morgan fingerprint density at radius 1 is 1.00 bits per heavy atom. The average Bonchev–Trinajstić information content (AvgIpc) is 2.94. The third kappa shape index (κ3) is 2.71. The molecule has 1 aliphatic heterocycles. The molecule has 0 spiro atoms. The lowest BCUT2D eigenvalue weighted by molar-refractivity contribution is 0.540. The summed E-state index contributed by atoms with van der Waals surface area (Å²) in [5.74, 6) is 0.476. The lowest BCUT2D eigenvalue weighted by Crippen LogP contribution is -2.29. The third-order valence-electron chi connectivity index (χ3n) is 4.06. The second-order valence-corrected chi connectivity index (χ2v) is 5.51. The van der Waals surface area contributed by atoms with Crippen LogP contribution < -0.4 is 5.32 Å². The van der Waals surface area contributed by atoms with Crippen LogP contribution in [0.25, 0.3) is 0 Å². The molecule has 1 heteroatoms. The number of aryl methyl sites for hydroxylation is 1. The standard InChI is InChI=1S/C18H21N/c1-14-7-5-10-16(13-14)18(17-11-6-12-19-17)15-8-3-2-4-9-15/h2-5,7-10,13,17-19H,6,11-12H2,1H3/t17-,18+/m1/s1. The minimum atomic E-state index is 0.476. The van der Waals surface area contributed by atoms with E-state index in [1.54, 1.807) is 0 Å². The van der Waals surface area contributed by atoms with Gasteiger partial charge in [-0.3, -0.25) is 0 Å². The highest BCUT2D eigenvalue weighted by Crippen LogP contribution is 2.32. The molecule has 98 valence electrons. The first-order chi connectivity index (χ1) is 9.34. The van der Waals surface area contributed by atoms with Gasteiger partial charge in [0, 0.05) is 12.0 Å². The zero-order chi connectivity index (χ0) is 13.1. The summed E-state index contributed by atoms with van der Waals surface area (Å²) >= 11 is 0. The largest absolute Gasteiger partial charge is 0.313 e. The van der Waals surface area contributed by atoms with E-state index in [4.69, 9.17) is 0 Å². The lowest BCUT2D eigenvalue weighted by Gasteiger charge is -2.25. The summed E-state index contributed by atoms with van der Waals surface area (Å²) in [5.41, 5.74) is 4.20. The summed E-state index contributed by atoms with van der Waals surface area (Å²) in [6, 6.07) is 20.4. The van der Waals surface area contributed by atoms with Crippen molar-refractivity contribution in [3.63, 3.8) is 0 Å². The Bertz CT molecular complexity index is 526. The van der Waals surface area contributed by atoms with Crippen molar-refractivity contribution in [2.24, 2.45) is 0 Å². The first kappa shape index (κ1) is 12.4. The topological polar surface area (TPSA) is 12.0 Å². The van der Waals surface area contributed by atoms with Crippen LogP contribution in [-0.2, 0) is 0 Å². The summed E-state index contributed by atoms with van der Waals surface area (Å²) in [7, 11) is 0. The molecule has 1 fully saturated rings. The average molecular weight is 251 g/mol. The van der Waals surface area contributed by atoms with Crippen molar-refractivity contribution in [2.75, 3.05) is 6.54 Å². The molecule has 1 aliphatic rings. The van der Waals surface area contributed by atoms with Crippen LogP contribution in [0.2, 0.25) is 0 Å². The van der Waals surface area contributed by atoms with Crippen LogP contribution >= 0.6 is 0 Å². The van der Waals surface area contributed by atoms with E-state index in [1.807, 2.05) is 0 Å². The van der Waals surface area contributed by atoms with Gasteiger partial charge in [-0.25, -0.2) is 0 Å². The van der Waals surface area contributed by atoms with Gasteiger partial charge in [0.2, 0.25) is 0 Å². The van der Waals surface area contributed by atoms with Crippen molar-refractivity contribution in [1.29, 1.82) is 0 Å². The molecule has 0 amide bonds. The molecule has 1 N–H and O–H groups in total. The van der Waals surface area contributed by atoms with Gasteiger partial charge in [-0.05, 0) is 37.4 Å². The van der Waals surface area contributed by atoms with Crippen molar-refractivity contribution in [2.45, 2.75) is 31.7 Å². The van der Waals surface area contributed by atoms with E-state index in [1.165, 1.54) is 29.5 Å². The first-order valence-electron chi connectivity index (χ1n) is 7.19. The zero-order valence-electron chi connectivity index (χ0n) is 11.5. The summed E-state index contributed by atoms with van der Waals surface area (Å²) < 4.78 is 0. The van der Waals surface area contributed by atoms with Gasteiger partial charge in [0.15, 0.2) is 0 Å². The van der Waals surface area contributed by atoms with Crippen LogP contribution in [0.1, 0.15) is 35.4 Å². The number of rotatable bonds is 3. The van der Waals surface area contributed by atoms with Gasteiger partial charge in [0.25, 0.3) is 0 Å². The van der Waals surface area contributed by atoms with E-state index in [0.717, 1.165) is 6.54 Å². The summed E-state index contributed by atoms with van der Waals surface area (Å²) in [6.45, 7) is 3.33. The quantitative estimate of drug-likeness (QED) is 0.873. The van der Waals surface area contributed by atoms with Crippen LogP contribution in [0, 0.1) is 6.92 Å². The Hall–Kier alpha value is -1.60. The molecular weight excluding hydrogens is 230 g/mol. The molecule has 2 atom stereocenters. The van der Waals surface area contributed by atoms with Crippen LogP contribution in [0.4, 0.5) is 0 Å². The Balaban J connectivity index is 2.01. The fourth-order valence-electron chi connectivity index (χ4n) is 3.18. The molecule has 2 aromatic rings. The normalized spacial score (nSPS) is 20.4. The van der Waals surface area contributed by atoms with Crippen molar-refractivity contribution in [1.82, 2.24) is 5.32 Å². The van der Waals surface area contributed by atoms with Crippen LogP contribution in [0.3, 0.4) is 0 Å². The minimum Gasteiger partial charge on any atom is -0.313 e. The second kappa shape index (κ2) is 5.58. The molecule has 1 saturated heterocycles. The maximum atomic E-state index is 3.67. The van der Waals surface area contributed by atoms with Gasteiger partial charge in [-0.15, -0.1) is 0 Å². The van der Waals surface area contributed by atoms with Crippen LogP contribution in [-0.4, -0.2) is 12.6 Å².